The first-order valence-electron chi connectivity index (χ1n) is 1.83. The van der Waals surface area contributed by atoms with Crippen molar-refractivity contribution in [1.82, 2.24) is 0 Å². The summed E-state index contributed by atoms with van der Waals surface area (Å²) < 4.78 is 0. The summed E-state index contributed by atoms with van der Waals surface area (Å²) in [6.45, 7) is 1.80. The third-order valence-corrected chi connectivity index (χ3v) is 0.405. The molecule has 33 valence electrons. The predicted molar refractivity (Wildman–Crippen MR) is 25.6 cm³/mol. The lowest BCUT2D eigenvalue weighted by molar-refractivity contribution is -0.115. The van der Waals surface area contributed by atoms with Gasteiger partial charge in [-0.2, -0.15) is 0 Å². The van der Waals surface area contributed by atoms with Gasteiger partial charge in [-0.3, -0.25) is 4.79 Å². The van der Waals surface area contributed by atoms with Gasteiger partial charge >= 0.3 is 0 Å². The van der Waals surface area contributed by atoms with Crippen molar-refractivity contribution in [2.45, 2.75) is 13.1 Å². The van der Waals surface area contributed by atoms with Crippen LogP contribution in [-0.4, -0.2) is 13.2 Å². The molecule has 0 heterocycles. The zero-order chi connectivity index (χ0) is 4.99. The summed E-state index contributed by atoms with van der Waals surface area (Å²) >= 11 is 0. The van der Waals surface area contributed by atoms with Crippen LogP contribution in [0.2, 0.25) is 13.1 Å². The van der Waals surface area contributed by atoms with Crippen molar-refractivity contribution in [3.8, 4) is 0 Å². The number of amides is 1. The number of nitrogens with two attached hydrogens (primary N) is 1. The van der Waals surface area contributed by atoms with Crippen molar-refractivity contribution in [2.24, 2.45) is 5.73 Å². The molecule has 1 amide bonds. The van der Waals surface area contributed by atoms with E-state index in [4.69, 9.17) is 5.73 Å². The molecule has 0 aromatic rings. The van der Waals surface area contributed by atoms with Gasteiger partial charge in [-0.1, -0.05) is 6.82 Å². The second-order valence-corrected chi connectivity index (χ2v) is 1.08. The van der Waals surface area contributed by atoms with Crippen LogP contribution in [0.25, 0.3) is 0 Å². The molecule has 3 heteroatoms. The fourth-order valence-corrected chi connectivity index (χ4v) is 0.201. The van der Waals surface area contributed by atoms with Crippen LogP contribution >= 0.6 is 0 Å². The van der Waals surface area contributed by atoms with Crippen molar-refractivity contribution in [2.75, 3.05) is 0 Å². The predicted octanol–water partition coefficient (Wildman–Crippen LogP) is -0.358. The van der Waals surface area contributed by atoms with E-state index < -0.39 is 0 Å². The molecule has 0 aliphatic heterocycles. The van der Waals surface area contributed by atoms with E-state index in [1.807, 2.05) is 0 Å². The van der Waals surface area contributed by atoms with E-state index in [-0.39, 0.29) is 5.91 Å². The summed E-state index contributed by atoms with van der Waals surface area (Å²) in [7, 11) is 1.72. The minimum atomic E-state index is -0.266. The van der Waals surface area contributed by atoms with Gasteiger partial charge in [-0.25, -0.2) is 0 Å². The van der Waals surface area contributed by atoms with Crippen LogP contribution in [0.15, 0.2) is 0 Å². The van der Waals surface area contributed by atoms with Gasteiger partial charge < -0.3 is 5.73 Å². The minimum absolute atomic E-state index is 0.266. The minimum Gasteiger partial charge on any atom is -0.370 e. The quantitative estimate of drug-likeness (QED) is 0.456. The van der Waals surface area contributed by atoms with E-state index >= 15 is 0 Å². The maximum Gasteiger partial charge on any atom is 0.209 e. The van der Waals surface area contributed by atoms with Gasteiger partial charge in [-0.15, -0.1) is 0 Å². The van der Waals surface area contributed by atoms with Crippen molar-refractivity contribution in [1.29, 1.82) is 0 Å². The highest BCUT2D eigenvalue weighted by atomic mass is 16.1. The molecular weight excluding hydrogens is 76.9 g/mol. The molecule has 0 aromatic carbocycles. The Hall–Kier alpha value is -0.465. The number of hydrogen-bond acceptors (Lipinski definition) is 1. The van der Waals surface area contributed by atoms with Crippen LogP contribution in [0.3, 0.4) is 0 Å². The van der Waals surface area contributed by atoms with E-state index in [1.54, 1.807) is 14.1 Å². The Balaban J connectivity index is 2.83. The maximum absolute atomic E-state index is 9.79. The molecule has 0 saturated heterocycles. The fourth-order valence-electron chi connectivity index (χ4n) is 0.201. The molecule has 1 radical (unpaired) electrons. The van der Waals surface area contributed by atoms with Crippen LogP contribution in [0.4, 0.5) is 0 Å². The lowest BCUT2D eigenvalue weighted by Crippen LogP contribution is -2.10. The molecule has 0 rings (SSSR count). The van der Waals surface area contributed by atoms with Gasteiger partial charge in [0.15, 0.2) is 0 Å². The average Bonchev–Trinajstić information content (AvgIpc) is 1.35. The average molecular weight is 83.9 g/mol. The van der Waals surface area contributed by atoms with Crippen LogP contribution in [0.1, 0.15) is 0 Å². The van der Waals surface area contributed by atoms with Crippen LogP contribution in [0, 0.1) is 0 Å². The van der Waals surface area contributed by atoms with E-state index in [0.29, 0.717) is 6.32 Å². The molecule has 0 saturated carbocycles. The molecule has 6 heavy (non-hydrogen) atoms. The van der Waals surface area contributed by atoms with Crippen molar-refractivity contribution in [3.63, 3.8) is 0 Å². The van der Waals surface area contributed by atoms with Crippen molar-refractivity contribution < 1.29 is 4.79 Å². The first-order chi connectivity index (χ1) is 2.77. The second kappa shape index (κ2) is 2.76. The third-order valence-electron chi connectivity index (χ3n) is 0.405. The first-order valence-corrected chi connectivity index (χ1v) is 1.83. The molecule has 0 aromatic heterocycles. The summed E-state index contributed by atoms with van der Waals surface area (Å²) in [4.78, 5) is 9.79. The maximum atomic E-state index is 9.79. The Morgan fingerprint density at radius 2 is 2.50 bits per heavy atom. The normalized spacial score (nSPS) is 7.50. The van der Waals surface area contributed by atoms with E-state index in [1.165, 1.54) is 0 Å². The molecule has 2 nitrogen and oxygen atoms in total. The Labute approximate surface area is 38.0 Å². The monoisotopic (exact) mass is 84.1 g/mol. The highest BCUT2D eigenvalue weighted by Crippen LogP contribution is 1.69. The number of rotatable bonds is 2. The van der Waals surface area contributed by atoms with Gasteiger partial charge in [0.25, 0.3) is 0 Å². The van der Waals surface area contributed by atoms with Gasteiger partial charge in [-0.05, 0) is 6.32 Å². The van der Waals surface area contributed by atoms with E-state index in [0.717, 1.165) is 0 Å². The third kappa shape index (κ3) is 3.53. The second-order valence-electron chi connectivity index (χ2n) is 1.08. The molecule has 0 aliphatic rings. The molecule has 0 atom stereocenters. The first kappa shape index (κ1) is 5.53. The van der Waals surface area contributed by atoms with Gasteiger partial charge in [0, 0.05) is 0 Å². The lowest BCUT2D eigenvalue weighted by atomic mass is 9.78. The van der Waals surface area contributed by atoms with Gasteiger partial charge in [0.05, 0.1) is 0 Å². The topological polar surface area (TPSA) is 43.1 Å². The van der Waals surface area contributed by atoms with E-state index in [9.17, 15) is 4.79 Å². The Morgan fingerprint density at radius 1 is 2.00 bits per heavy atom. The van der Waals surface area contributed by atoms with Gasteiger partial charge in [0.2, 0.25) is 5.91 Å². The van der Waals surface area contributed by atoms with Crippen molar-refractivity contribution in [3.05, 3.63) is 0 Å². The summed E-state index contributed by atoms with van der Waals surface area (Å²) in [6.07, 6.45) is 0.389. The standard InChI is InChI=1S/C3H7BNO/c1-4-2-3(5)6/h2H2,1H3,(H2,5,6). The SMILES string of the molecule is C[B]CC(N)=O. The van der Waals surface area contributed by atoms with Crippen LogP contribution in [0.5, 0.6) is 0 Å². The zero-order valence-electron chi connectivity index (χ0n) is 3.77. The molecule has 2 N–H and O–H groups in total. The summed E-state index contributed by atoms with van der Waals surface area (Å²) in [5, 5.41) is 0. The van der Waals surface area contributed by atoms with E-state index in [2.05, 4.69) is 0 Å². The largest absolute Gasteiger partial charge is 0.370 e. The summed E-state index contributed by atoms with van der Waals surface area (Å²) in [6, 6.07) is 0. The Kier molecular flexibility index (Phi) is 2.54. The number of carbonyl (C=O) groups excluding carboxylic acids is 1. The van der Waals surface area contributed by atoms with Gasteiger partial charge in [0.1, 0.15) is 7.28 Å². The molecule has 0 aliphatic carbocycles. The Bertz CT molecular complexity index is 54.8. The molecule has 0 spiro atoms. The number of primary amides is 1. The highest BCUT2D eigenvalue weighted by Gasteiger charge is 1.86. The molecule has 0 fully saturated rings. The van der Waals surface area contributed by atoms with Crippen LogP contribution < -0.4 is 5.73 Å². The van der Waals surface area contributed by atoms with Crippen LogP contribution in [-0.2, 0) is 4.79 Å². The Morgan fingerprint density at radius 3 is 2.50 bits per heavy atom. The summed E-state index contributed by atoms with van der Waals surface area (Å²) in [5.74, 6) is -0.266. The molecule has 0 bridgehead atoms. The highest BCUT2D eigenvalue weighted by molar-refractivity contribution is 6.39. The molecule has 0 unspecified atom stereocenters. The summed E-state index contributed by atoms with van der Waals surface area (Å²) in [5.41, 5.74) is 4.73. The smallest absolute Gasteiger partial charge is 0.209 e. The number of hydrogen-bond donors (Lipinski definition) is 1. The van der Waals surface area contributed by atoms with Crippen molar-refractivity contribution >= 4 is 13.2 Å². The fraction of sp³-hybridized carbons (Fsp3) is 0.667. The lowest BCUT2D eigenvalue weighted by Gasteiger charge is -1.79. The molecular formula is C3H7BNO. The zero-order valence-corrected chi connectivity index (χ0v) is 3.77. The number of carbonyl (C=O) groups is 1.